The maximum atomic E-state index is 12.8. The molecule has 2 heterocycles. The first-order chi connectivity index (χ1) is 13.2. The number of carbonyl (C=O) groups is 1. The molecule has 1 aromatic carbocycles. The second kappa shape index (κ2) is 8.00. The van der Waals surface area contributed by atoms with E-state index < -0.39 is 10.0 Å². The summed E-state index contributed by atoms with van der Waals surface area (Å²) < 4.78 is 28.8. The van der Waals surface area contributed by atoms with Gasteiger partial charge in [-0.05, 0) is 39.8 Å². The number of hydrogen-bond donors (Lipinski definition) is 0. The van der Waals surface area contributed by atoms with Gasteiger partial charge in [0.25, 0.3) is 0 Å². The van der Waals surface area contributed by atoms with Gasteiger partial charge in [-0.1, -0.05) is 17.7 Å². The quantitative estimate of drug-likeness (QED) is 0.755. The summed E-state index contributed by atoms with van der Waals surface area (Å²) in [5.41, 5.74) is 1.02. The van der Waals surface area contributed by atoms with Gasteiger partial charge in [-0.3, -0.25) is 4.79 Å². The molecule has 8 nitrogen and oxygen atoms in total. The monoisotopic (exact) mass is 405 g/mol. The van der Waals surface area contributed by atoms with Crippen LogP contribution in [0, 0.1) is 20.8 Å². The van der Waals surface area contributed by atoms with Crippen molar-refractivity contribution in [3.8, 4) is 0 Å². The lowest BCUT2D eigenvalue weighted by Crippen LogP contribution is -2.50. The van der Waals surface area contributed by atoms with Crippen LogP contribution in [0.25, 0.3) is 0 Å². The molecule has 1 amide bonds. The van der Waals surface area contributed by atoms with E-state index in [1.807, 2.05) is 27.7 Å². The molecule has 0 N–H and O–H groups in total. The number of sulfonamides is 1. The molecule has 2 aromatic rings. The molecule has 1 aliphatic heterocycles. The van der Waals surface area contributed by atoms with Crippen molar-refractivity contribution in [1.82, 2.24) is 24.0 Å². The highest BCUT2D eigenvalue weighted by atomic mass is 32.2. The summed E-state index contributed by atoms with van der Waals surface area (Å²) in [6.07, 6.45) is 0.314. The zero-order chi connectivity index (χ0) is 20.5. The minimum Gasteiger partial charge on any atom is -0.340 e. The normalized spacial score (nSPS) is 16.9. The van der Waals surface area contributed by atoms with Crippen LogP contribution in [0.4, 0.5) is 0 Å². The van der Waals surface area contributed by atoms with Crippen molar-refractivity contribution in [3.63, 3.8) is 0 Å². The zero-order valence-corrected chi connectivity index (χ0v) is 17.6. The second-order valence-corrected chi connectivity index (χ2v) is 9.24. The Kier molecular flexibility index (Phi) is 5.85. The molecule has 28 heavy (non-hydrogen) atoms. The fourth-order valence-electron chi connectivity index (χ4n) is 3.46. The van der Waals surface area contributed by atoms with Crippen LogP contribution in [-0.2, 0) is 14.8 Å². The van der Waals surface area contributed by atoms with Gasteiger partial charge in [0.15, 0.2) is 0 Å². The van der Waals surface area contributed by atoms with Gasteiger partial charge >= 0.3 is 0 Å². The van der Waals surface area contributed by atoms with Gasteiger partial charge in [-0.15, -0.1) is 0 Å². The number of rotatable bonds is 5. The van der Waals surface area contributed by atoms with Crippen LogP contribution < -0.4 is 0 Å². The molecule has 1 fully saturated rings. The van der Waals surface area contributed by atoms with Gasteiger partial charge in [0, 0.05) is 32.6 Å². The highest BCUT2D eigenvalue weighted by Crippen LogP contribution is 2.20. The molecule has 1 saturated heterocycles. The van der Waals surface area contributed by atoms with E-state index in [4.69, 9.17) is 0 Å². The molecule has 0 radical (unpaired) electrons. The lowest BCUT2D eigenvalue weighted by atomic mass is 10.2. The molecule has 0 unspecified atom stereocenters. The van der Waals surface area contributed by atoms with Gasteiger partial charge in [0.05, 0.1) is 10.9 Å². The summed E-state index contributed by atoms with van der Waals surface area (Å²) in [5, 5.41) is 4.34. The molecule has 1 aliphatic rings. The minimum atomic E-state index is -3.52. The Morgan fingerprint density at radius 1 is 1.07 bits per heavy atom. The summed E-state index contributed by atoms with van der Waals surface area (Å²) in [5.74, 6) is 1.48. The lowest BCUT2D eigenvalue weighted by molar-refractivity contribution is -0.133. The third-order valence-corrected chi connectivity index (χ3v) is 6.96. The number of amides is 1. The predicted octanol–water partition coefficient (Wildman–Crippen LogP) is 1.69. The van der Waals surface area contributed by atoms with Crippen LogP contribution in [0.5, 0.6) is 0 Å². The number of benzene rings is 1. The molecule has 1 atom stereocenters. The van der Waals surface area contributed by atoms with E-state index in [2.05, 4.69) is 10.1 Å². The van der Waals surface area contributed by atoms with E-state index in [0.717, 1.165) is 11.4 Å². The smallest absolute Gasteiger partial charge is 0.243 e. The first kappa shape index (κ1) is 20.5. The van der Waals surface area contributed by atoms with E-state index in [1.54, 1.807) is 33.8 Å². The Bertz CT molecular complexity index is 944. The molecule has 0 bridgehead atoms. The summed E-state index contributed by atoms with van der Waals surface area (Å²) in [6.45, 7) is 8.95. The molecule has 9 heteroatoms. The fraction of sp³-hybridized carbons (Fsp3) is 0.526. The Labute approximate surface area is 166 Å². The Balaban J connectivity index is 1.59. The SMILES string of the molecule is Cc1ccc(S(=O)(=O)N2CCN(C(=O)C[C@H](C)n3nc(C)nc3C)CC2)cc1. The van der Waals surface area contributed by atoms with Crippen LogP contribution in [0.3, 0.4) is 0 Å². The van der Waals surface area contributed by atoms with Crippen LogP contribution in [0.1, 0.15) is 36.6 Å². The van der Waals surface area contributed by atoms with Gasteiger partial charge in [-0.25, -0.2) is 18.1 Å². The maximum absolute atomic E-state index is 12.8. The first-order valence-corrected chi connectivity index (χ1v) is 10.9. The van der Waals surface area contributed by atoms with Crippen molar-refractivity contribution in [2.24, 2.45) is 0 Å². The van der Waals surface area contributed by atoms with E-state index >= 15 is 0 Å². The summed E-state index contributed by atoms with van der Waals surface area (Å²) in [6, 6.07) is 6.76. The summed E-state index contributed by atoms with van der Waals surface area (Å²) in [4.78, 5) is 19.0. The molecule has 0 saturated carbocycles. The number of piperazine rings is 1. The van der Waals surface area contributed by atoms with Gasteiger partial charge in [-0.2, -0.15) is 9.40 Å². The van der Waals surface area contributed by atoms with E-state index in [-0.39, 0.29) is 11.9 Å². The van der Waals surface area contributed by atoms with Crippen molar-refractivity contribution in [1.29, 1.82) is 0 Å². The number of aromatic nitrogens is 3. The number of carbonyl (C=O) groups excluding carboxylic acids is 1. The number of hydrogen-bond acceptors (Lipinski definition) is 5. The molecule has 3 rings (SSSR count). The zero-order valence-electron chi connectivity index (χ0n) is 16.8. The standard InChI is InChI=1S/C19H27N5O3S/c1-14-5-7-18(8-6-14)28(26,27)23-11-9-22(10-12-23)19(25)13-15(2)24-17(4)20-16(3)21-24/h5-8,15H,9-13H2,1-4H3/t15-/m0/s1. The summed E-state index contributed by atoms with van der Waals surface area (Å²) in [7, 11) is -3.52. The first-order valence-electron chi connectivity index (χ1n) is 9.43. The molecular formula is C19H27N5O3S. The largest absolute Gasteiger partial charge is 0.340 e. The third-order valence-electron chi connectivity index (χ3n) is 5.05. The van der Waals surface area contributed by atoms with Crippen LogP contribution in [-0.4, -0.2) is 64.5 Å². The van der Waals surface area contributed by atoms with Crippen molar-refractivity contribution in [2.45, 2.75) is 45.1 Å². The van der Waals surface area contributed by atoms with Crippen LogP contribution in [0.2, 0.25) is 0 Å². The van der Waals surface area contributed by atoms with E-state index in [0.29, 0.717) is 43.3 Å². The lowest BCUT2D eigenvalue weighted by Gasteiger charge is -2.34. The average Bonchev–Trinajstić information content (AvgIpc) is 3.00. The Morgan fingerprint density at radius 3 is 2.21 bits per heavy atom. The van der Waals surface area contributed by atoms with Crippen molar-refractivity contribution < 1.29 is 13.2 Å². The highest BCUT2D eigenvalue weighted by Gasteiger charge is 2.30. The fourth-order valence-corrected chi connectivity index (χ4v) is 4.88. The highest BCUT2D eigenvalue weighted by molar-refractivity contribution is 7.89. The number of nitrogens with zero attached hydrogens (tertiary/aromatic N) is 5. The number of aryl methyl sites for hydroxylation is 3. The average molecular weight is 406 g/mol. The third kappa shape index (κ3) is 4.25. The summed E-state index contributed by atoms with van der Waals surface area (Å²) >= 11 is 0. The molecule has 152 valence electrons. The van der Waals surface area contributed by atoms with E-state index in [9.17, 15) is 13.2 Å². The van der Waals surface area contributed by atoms with Crippen molar-refractivity contribution >= 4 is 15.9 Å². The van der Waals surface area contributed by atoms with Crippen LogP contribution >= 0.6 is 0 Å². The second-order valence-electron chi connectivity index (χ2n) is 7.30. The van der Waals surface area contributed by atoms with Gasteiger partial charge < -0.3 is 4.90 Å². The maximum Gasteiger partial charge on any atom is 0.243 e. The van der Waals surface area contributed by atoms with Gasteiger partial charge in [0.1, 0.15) is 11.6 Å². The Hall–Kier alpha value is -2.26. The molecular weight excluding hydrogens is 378 g/mol. The van der Waals surface area contributed by atoms with Crippen molar-refractivity contribution in [3.05, 3.63) is 41.5 Å². The minimum absolute atomic E-state index is 0.00689. The Morgan fingerprint density at radius 2 is 1.68 bits per heavy atom. The molecule has 1 aromatic heterocycles. The van der Waals surface area contributed by atoms with Crippen LogP contribution in [0.15, 0.2) is 29.2 Å². The topological polar surface area (TPSA) is 88.4 Å². The van der Waals surface area contributed by atoms with E-state index in [1.165, 1.54) is 4.31 Å². The molecule has 0 spiro atoms. The van der Waals surface area contributed by atoms with Gasteiger partial charge in [0.2, 0.25) is 15.9 Å². The molecule has 0 aliphatic carbocycles. The van der Waals surface area contributed by atoms with Crippen molar-refractivity contribution in [2.75, 3.05) is 26.2 Å². The predicted molar refractivity (Wildman–Crippen MR) is 105 cm³/mol.